The monoisotopic (exact) mass is 339 g/mol. The van der Waals surface area contributed by atoms with Crippen molar-refractivity contribution in [3.8, 4) is 22.9 Å². The minimum atomic E-state index is 0.0664. The third kappa shape index (κ3) is 3.80. The van der Waals surface area contributed by atoms with Crippen LogP contribution in [-0.4, -0.2) is 34.3 Å². The lowest BCUT2D eigenvalue weighted by atomic mass is 10.1. The molecule has 0 fully saturated rings. The first kappa shape index (κ1) is 17.0. The molecule has 0 aliphatic rings. The van der Waals surface area contributed by atoms with E-state index in [0.29, 0.717) is 12.4 Å². The Morgan fingerprint density at radius 3 is 2.80 bits per heavy atom. The van der Waals surface area contributed by atoms with Gasteiger partial charge < -0.3 is 14.4 Å². The zero-order valence-electron chi connectivity index (χ0n) is 14.5. The summed E-state index contributed by atoms with van der Waals surface area (Å²) in [5.41, 5.74) is 3.40. The second-order valence-corrected chi connectivity index (χ2v) is 5.92. The predicted octanol–water partition coefficient (Wildman–Crippen LogP) is 3.64. The molecule has 25 heavy (non-hydrogen) atoms. The van der Waals surface area contributed by atoms with E-state index in [4.69, 9.17) is 9.26 Å². The molecular formula is C19H21N3O3. The van der Waals surface area contributed by atoms with Crippen molar-refractivity contribution in [2.75, 3.05) is 14.2 Å². The van der Waals surface area contributed by atoms with Crippen LogP contribution in [0.2, 0.25) is 0 Å². The summed E-state index contributed by atoms with van der Waals surface area (Å²) in [6.45, 7) is 2.61. The first-order valence-corrected chi connectivity index (χ1v) is 8.02. The van der Waals surface area contributed by atoms with Gasteiger partial charge >= 0.3 is 0 Å². The SMILES string of the molecule is COc1cccc(-c2ccc(O)c(CN(C)C(C)c3ccon3)c2)n1. The van der Waals surface area contributed by atoms with Gasteiger partial charge in [0.15, 0.2) is 0 Å². The largest absolute Gasteiger partial charge is 0.508 e. The van der Waals surface area contributed by atoms with E-state index in [2.05, 4.69) is 15.0 Å². The highest BCUT2D eigenvalue weighted by atomic mass is 16.5. The van der Waals surface area contributed by atoms with Crippen LogP contribution < -0.4 is 4.74 Å². The van der Waals surface area contributed by atoms with Crippen molar-refractivity contribution in [3.63, 3.8) is 0 Å². The predicted molar refractivity (Wildman–Crippen MR) is 94.3 cm³/mol. The van der Waals surface area contributed by atoms with Crippen molar-refractivity contribution >= 4 is 0 Å². The van der Waals surface area contributed by atoms with Crippen molar-refractivity contribution in [2.45, 2.75) is 19.5 Å². The highest BCUT2D eigenvalue weighted by Crippen LogP contribution is 2.28. The Balaban J connectivity index is 1.84. The summed E-state index contributed by atoms with van der Waals surface area (Å²) in [6, 6.07) is 13.0. The van der Waals surface area contributed by atoms with Gasteiger partial charge in [0.1, 0.15) is 17.7 Å². The lowest BCUT2D eigenvalue weighted by molar-refractivity contribution is 0.238. The maximum Gasteiger partial charge on any atom is 0.213 e. The van der Waals surface area contributed by atoms with E-state index in [9.17, 15) is 5.11 Å². The molecular weight excluding hydrogens is 318 g/mol. The molecule has 130 valence electrons. The van der Waals surface area contributed by atoms with Gasteiger partial charge in [-0.05, 0) is 38.2 Å². The smallest absolute Gasteiger partial charge is 0.213 e. The molecule has 3 aromatic rings. The molecule has 1 N–H and O–H groups in total. The van der Waals surface area contributed by atoms with Crippen molar-refractivity contribution in [2.24, 2.45) is 0 Å². The molecule has 2 aromatic heterocycles. The Kier molecular flexibility index (Phi) is 5.00. The molecule has 1 aromatic carbocycles. The van der Waals surface area contributed by atoms with Crippen LogP contribution in [0.5, 0.6) is 11.6 Å². The summed E-state index contributed by atoms with van der Waals surface area (Å²) in [5, 5.41) is 14.2. The summed E-state index contributed by atoms with van der Waals surface area (Å²) in [5.74, 6) is 0.815. The number of aromatic nitrogens is 2. The molecule has 0 aliphatic heterocycles. The fourth-order valence-electron chi connectivity index (χ4n) is 2.63. The number of nitrogens with zero attached hydrogens (tertiary/aromatic N) is 3. The van der Waals surface area contributed by atoms with Crippen LogP contribution in [-0.2, 0) is 6.54 Å². The highest BCUT2D eigenvalue weighted by Gasteiger charge is 2.16. The van der Waals surface area contributed by atoms with E-state index < -0.39 is 0 Å². The van der Waals surface area contributed by atoms with Gasteiger partial charge in [0.2, 0.25) is 5.88 Å². The lowest BCUT2D eigenvalue weighted by Gasteiger charge is -2.23. The molecule has 6 heteroatoms. The number of hydrogen-bond donors (Lipinski definition) is 1. The molecule has 0 amide bonds. The van der Waals surface area contributed by atoms with E-state index in [1.54, 1.807) is 25.5 Å². The molecule has 0 saturated carbocycles. The number of pyridine rings is 1. The Hall–Kier alpha value is -2.86. The Morgan fingerprint density at radius 1 is 1.24 bits per heavy atom. The molecule has 3 rings (SSSR count). The number of ether oxygens (including phenoxy) is 1. The van der Waals surface area contributed by atoms with E-state index in [-0.39, 0.29) is 11.8 Å². The van der Waals surface area contributed by atoms with Crippen LogP contribution in [0, 0.1) is 0 Å². The fourth-order valence-corrected chi connectivity index (χ4v) is 2.63. The van der Waals surface area contributed by atoms with Crippen molar-refractivity contribution in [1.82, 2.24) is 15.0 Å². The first-order chi connectivity index (χ1) is 12.1. The average Bonchev–Trinajstić information content (AvgIpc) is 3.17. The van der Waals surface area contributed by atoms with Gasteiger partial charge in [-0.3, -0.25) is 4.90 Å². The van der Waals surface area contributed by atoms with Gasteiger partial charge in [-0.15, -0.1) is 0 Å². The normalized spacial score (nSPS) is 12.3. The van der Waals surface area contributed by atoms with Gasteiger partial charge in [0.05, 0.1) is 18.8 Å². The van der Waals surface area contributed by atoms with Crippen molar-refractivity contribution in [1.29, 1.82) is 0 Å². The van der Waals surface area contributed by atoms with Crippen molar-refractivity contribution in [3.05, 3.63) is 60.0 Å². The number of phenols is 1. The molecule has 0 saturated heterocycles. The number of rotatable bonds is 6. The topological polar surface area (TPSA) is 71.6 Å². The van der Waals surface area contributed by atoms with Crippen LogP contribution in [0.15, 0.2) is 53.3 Å². The zero-order valence-corrected chi connectivity index (χ0v) is 14.5. The minimum Gasteiger partial charge on any atom is -0.508 e. The second-order valence-electron chi connectivity index (χ2n) is 5.92. The average molecular weight is 339 g/mol. The molecule has 2 heterocycles. The number of hydrogen-bond acceptors (Lipinski definition) is 6. The van der Waals surface area contributed by atoms with Gasteiger partial charge in [-0.1, -0.05) is 11.2 Å². The molecule has 0 aliphatic carbocycles. The van der Waals surface area contributed by atoms with Gasteiger partial charge in [0.25, 0.3) is 0 Å². The quantitative estimate of drug-likeness (QED) is 0.739. The number of phenolic OH excluding ortho intramolecular Hbond substituents is 1. The van der Waals surface area contributed by atoms with Crippen molar-refractivity contribution < 1.29 is 14.4 Å². The van der Waals surface area contributed by atoms with Crippen LogP contribution in [0.3, 0.4) is 0 Å². The Morgan fingerprint density at radius 2 is 2.08 bits per heavy atom. The summed E-state index contributed by atoms with van der Waals surface area (Å²) in [6.07, 6.45) is 1.56. The van der Waals surface area contributed by atoms with Gasteiger partial charge in [-0.2, -0.15) is 0 Å². The number of aromatic hydroxyl groups is 1. The standard InChI is InChI=1S/C19H21N3O3/c1-13(16-9-10-25-21-16)22(2)12-15-11-14(7-8-18(15)23)17-5-4-6-19(20-17)24-3/h4-11,13,23H,12H2,1-3H3. The van der Waals surface area contributed by atoms with E-state index in [0.717, 1.165) is 22.5 Å². The number of methoxy groups -OCH3 is 1. The van der Waals surface area contributed by atoms with Crippen LogP contribution in [0.4, 0.5) is 0 Å². The summed E-state index contributed by atoms with van der Waals surface area (Å²) in [4.78, 5) is 6.54. The molecule has 1 atom stereocenters. The van der Waals surface area contributed by atoms with Crippen LogP contribution in [0.1, 0.15) is 24.2 Å². The summed E-state index contributed by atoms with van der Waals surface area (Å²) in [7, 11) is 3.57. The Labute approximate surface area is 146 Å². The summed E-state index contributed by atoms with van der Waals surface area (Å²) < 4.78 is 10.1. The van der Waals surface area contributed by atoms with E-state index in [1.807, 2.05) is 44.3 Å². The Bertz CT molecular complexity index is 834. The zero-order chi connectivity index (χ0) is 17.8. The fraction of sp³-hybridized carbons (Fsp3) is 0.263. The van der Waals surface area contributed by atoms with E-state index in [1.165, 1.54) is 0 Å². The summed E-state index contributed by atoms with van der Waals surface area (Å²) >= 11 is 0. The second kappa shape index (κ2) is 7.36. The first-order valence-electron chi connectivity index (χ1n) is 8.02. The lowest BCUT2D eigenvalue weighted by Crippen LogP contribution is -2.22. The minimum absolute atomic E-state index is 0.0664. The molecule has 0 spiro atoms. The maximum atomic E-state index is 10.2. The maximum absolute atomic E-state index is 10.2. The third-order valence-electron chi connectivity index (χ3n) is 4.27. The highest BCUT2D eigenvalue weighted by molar-refractivity contribution is 5.62. The van der Waals surface area contributed by atoms with Gasteiger partial charge in [-0.25, -0.2) is 4.98 Å². The molecule has 1 unspecified atom stereocenters. The van der Waals surface area contributed by atoms with Gasteiger partial charge in [0, 0.05) is 29.8 Å². The molecule has 0 radical (unpaired) electrons. The third-order valence-corrected chi connectivity index (χ3v) is 4.27. The number of benzene rings is 1. The van der Waals surface area contributed by atoms with Crippen LogP contribution in [0.25, 0.3) is 11.3 Å². The van der Waals surface area contributed by atoms with E-state index >= 15 is 0 Å². The molecule has 0 bridgehead atoms. The molecule has 6 nitrogen and oxygen atoms in total. The van der Waals surface area contributed by atoms with Crippen LogP contribution >= 0.6 is 0 Å².